The molecule has 3 nitrogen and oxygen atoms in total. The van der Waals surface area contributed by atoms with E-state index in [2.05, 4.69) is 58.0 Å². The van der Waals surface area contributed by atoms with Gasteiger partial charge in [0.15, 0.2) is 0 Å². The molecule has 1 aromatic rings. The van der Waals surface area contributed by atoms with E-state index in [0.717, 1.165) is 25.7 Å². The van der Waals surface area contributed by atoms with Crippen LogP contribution in [0.2, 0.25) is 0 Å². The van der Waals surface area contributed by atoms with Gasteiger partial charge in [-0.2, -0.15) is 0 Å². The van der Waals surface area contributed by atoms with E-state index >= 15 is 0 Å². The van der Waals surface area contributed by atoms with E-state index in [1.807, 2.05) is 0 Å². The third-order valence-corrected chi connectivity index (χ3v) is 6.63. The zero-order valence-electron chi connectivity index (χ0n) is 23.1. The molecule has 1 rings (SSSR count). The summed E-state index contributed by atoms with van der Waals surface area (Å²) in [6.07, 6.45) is 19.0. The Labute approximate surface area is 212 Å². The highest BCUT2D eigenvalue weighted by atomic mass is 16.9. The van der Waals surface area contributed by atoms with Gasteiger partial charge < -0.3 is 14.2 Å². The summed E-state index contributed by atoms with van der Waals surface area (Å²) in [5.74, 6) is -0.898. The van der Waals surface area contributed by atoms with Gasteiger partial charge in [0.2, 0.25) is 0 Å². The van der Waals surface area contributed by atoms with Gasteiger partial charge >= 0.3 is 0 Å². The second-order valence-electron chi connectivity index (χ2n) is 9.79. The first kappa shape index (κ1) is 31.1. The Hall–Kier alpha value is -0.900. The highest BCUT2D eigenvalue weighted by molar-refractivity contribution is 5.21. The summed E-state index contributed by atoms with van der Waals surface area (Å²) in [4.78, 5) is 0. The fourth-order valence-electron chi connectivity index (χ4n) is 4.49. The van der Waals surface area contributed by atoms with E-state index in [0.29, 0.717) is 19.8 Å². The van der Waals surface area contributed by atoms with Crippen LogP contribution in [0.4, 0.5) is 0 Å². The molecule has 1 aromatic carbocycles. The maximum Gasteiger partial charge on any atom is 0.290 e. The molecule has 0 aliphatic heterocycles. The number of rotatable bonds is 24. The molecule has 198 valence electrons. The number of hydrogen-bond acceptors (Lipinski definition) is 3. The minimum absolute atomic E-state index is 0.0877. The molecule has 34 heavy (non-hydrogen) atoms. The fourth-order valence-corrected chi connectivity index (χ4v) is 4.49. The Morgan fingerprint density at radius 2 is 0.941 bits per heavy atom. The molecule has 3 heteroatoms. The maximum absolute atomic E-state index is 6.66. The molecule has 0 fully saturated rings. The fraction of sp³-hybridized carbons (Fsp3) is 0.806. The minimum Gasteiger partial charge on any atom is -0.327 e. The van der Waals surface area contributed by atoms with Crippen LogP contribution in [-0.4, -0.2) is 25.8 Å². The first-order valence-corrected chi connectivity index (χ1v) is 14.7. The quantitative estimate of drug-likeness (QED) is 0.110. The molecule has 0 aromatic heterocycles. The molecule has 1 atom stereocenters. The van der Waals surface area contributed by atoms with Crippen LogP contribution in [0.15, 0.2) is 30.3 Å². The standard InChI is InChI=1S/C31H56O3/c1-5-9-13-14-15-19-25-30(29-23-17-16-18-24-29)31(32-26-20-10-6-2,33-27-21-11-7-3)34-28-22-12-8-4/h16-18,23-24,30H,5-15,19-22,25-28H2,1-4H3. The van der Waals surface area contributed by atoms with Crippen molar-refractivity contribution in [2.24, 2.45) is 0 Å². The Kier molecular flexibility index (Phi) is 19.6. The van der Waals surface area contributed by atoms with Crippen LogP contribution in [0.5, 0.6) is 0 Å². The molecule has 0 saturated carbocycles. The molecule has 0 N–H and O–H groups in total. The van der Waals surface area contributed by atoms with Gasteiger partial charge in [-0.3, -0.25) is 0 Å². The zero-order valence-corrected chi connectivity index (χ0v) is 23.1. The van der Waals surface area contributed by atoms with Crippen LogP contribution in [0.1, 0.15) is 142 Å². The van der Waals surface area contributed by atoms with Gasteiger partial charge in [0, 0.05) is 0 Å². The van der Waals surface area contributed by atoms with Crippen molar-refractivity contribution in [1.29, 1.82) is 0 Å². The summed E-state index contributed by atoms with van der Waals surface area (Å²) < 4.78 is 20.0. The first-order chi connectivity index (χ1) is 16.7. The highest BCUT2D eigenvalue weighted by Gasteiger charge is 2.43. The average molecular weight is 477 g/mol. The molecule has 0 bridgehead atoms. The van der Waals surface area contributed by atoms with E-state index in [4.69, 9.17) is 14.2 Å². The lowest BCUT2D eigenvalue weighted by Gasteiger charge is -2.40. The van der Waals surface area contributed by atoms with Crippen LogP contribution in [-0.2, 0) is 14.2 Å². The van der Waals surface area contributed by atoms with Crippen LogP contribution in [0, 0.1) is 0 Å². The summed E-state index contributed by atoms with van der Waals surface area (Å²) in [5.41, 5.74) is 1.28. The van der Waals surface area contributed by atoms with Crippen molar-refractivity contribution in [3.05, 3.63) is 35.9 Å². The van der Waals surface area contributed by atoms with Crippen LogP contribution in [0.3, 0.4) is 0 Å². The van der Waals surface area contributed by atoms with Crippen molar-refractivity contribution in [3.8, 4) is 0 Å². The third-order valence-electron chi connectivity index (χ3n) is 6.63. The summed E-state index contributed by atoms with van der Waals surface area (Å²) in [7, 11) is 0. The van der Waals surface area contributed by atoms with Crippen LogP contribution >= 0.6 is 0 Å². The van der Waals surface area contributed by atoms with Crippen molar-refractivity contribution in [2.45, 2.75) is 142 Å². The Morgan fingerprint density at radius 3 is 1.41 bits per heavy atom. The lowest BCUT2D eigenvalue weighted by molar-refractivity contribution is -0.393. The van der Waals surface area contributed by atoms with Gasteiger partial charge in [0.05, 0.1) is 25.7 Å². The van der Waals surface area contributed by atoms with E-state index in [-0.39, 0.29) is 5.92 Å². The number of hydrogen-bond donors (Lipinski definition) is 0. The van der Waals surface area contributed by atoms with Gasteiger partial charge in [-0.15, -0.1) is 0 Å². The number of benzene rings is 1. The molecule has 0 radical (unpaired) electrons. The smallest absolute Gasteiger partial charge is 0.290 e. The molecule has 0 amide bonds. The monoisotopic (exact) mass is 476 g/mol. The molecular formula is C31H56O3. The normalized spacial score (nSPS) is 12.8. The summed E-state index contributed by atoms with van der Waals surface area (Å²) in [6, 6.07) is 10.8. The molecule has 0 saturated heterocycles. The average Bonchev–Trinajstić information content (AvgIpc) is 2.87. The number of unbranched alkanes of at least 4 members (excludes halogenated alkanes) is 11. The predicted molar refractivity (Wildman–Crippen MR) is 146 cm³/mol. The number of ether oxygens (including phenoxy) is 3. The van der Waals surface area contributed by atoms with Gasteiger partial charge in [0.25, 0.3) is 5.97 Å². The summed E-state index contributed by atoms with van der Waals surface area (Å²) in [5, 5.41) is 0. The Bertz CT molecular complexity index is 514. The molecular weight excluding hydrogens is 420 g/mol. The SMILES string of the molecule is CCCCCCCCC(c1ccccc1)C(OCCCCC)(OCCCCC)OCCCCC. The first-order valence-electron chi connectivity index (χ1n) is 14.7. The van der Waals surface area contributed by atoms with Crippen molar-refractivity contribution < 1.29 is 14.2 Å². The van der Waals surface area contributed by atoms with Crippen LogP contribution in [0.25, 0.3) is 0 Å². The van der Waals surface area contributed by atoms with E-state index in [1.165, 1.54) is 82.6 Å². The van der Waals surface area contributed by atoms with Gasteiger partial charge in [-0.25, -0.2) is 0 Å². The lowest BCUT2D eigenvalue weighted by atomic mass is 9.90. The minimum atomic E-state index is -0.986. The topological polar surface area (TPSA) is 27.7 Å². The maximum atomic E-state index is 6.66. The molecule has 0 aliphatic carbocycles. The van der Waals surface area contributed by atoms with Crippen molar-refractivity contribution in [1.82, 2.24) is 0 Å². The largest absolute Gasteiger partial charge is 0.327 e. The van der Waals surface area contributed by atoms with Crippen molar-refractivity contribution in [3.63, 3.8) is 0 Å². The summed E-state index contributed by atoms with van der Waals surface area (Å²) >= 11 is 0. The molecule has 0 heterocycles. The van der Waals surface area contributed by atoms with Gasteiger partial charge in [-0.05, 0) is 31.2 Å². The predicted octanol–water partition coefficient (Wildman–Crippen LogP) is 9.79. The lowest BCUT2D eigenvalue weighted by Crippen LogP contribution is -2.46. The third kappa shape index (κ3) is 13.3. The Balaban J connectivity index is 3.10. The van der Waals surface area contributed by atoms with Gasteiger partial charge in [0.1, 0.15) is 0 Å². The highest BCUT2D eigenvalue weighted by Crippen LogP contribution is 2.39. The van der Waals surface area contributed by atoms with Crippen LogP contribution < -0.4 is 0 Å². The Morgan fingerprint density at radius 1 is 0.529 bits per heavy atom. The molecule has 0 aliphatic rings. The van der Waals surface area contributed by atoms with Crippen molar-refractivity contribution >= 4 is 0 Å². The van der Waals surface area contributed by atoms with Crippen molar-refractivity contribution in [2.75, 3.05) is 19.8 Å². The van der Waals surface area contributed by atoms with E-state index < -0.39 is 5.97 Å². The zero-order chi connectivity index (χ0) is 24.7. The van der Waals surface area contributed by atoms with E-state index in [1.54, 1.807) is 0 Å². The second-order valence-corrected chi connectivity index (χ2v) is 9.79. The van der Waals surface area contributed by atoms with Gasteiger partial charge in [-0.1, -0.05) is 135 Å². The second kappa shape index (κ2) is 21.4. The van der Waals surface area contributed by atoms with E-state index in [9.17, 15) is 0 Å². The summed E-state index contributed by atoms with van der Waals surface area (Å²) in [6.45, 7) is 11.1. The molecule has 0 spiro atoms. The molecule has 1 unspecified atom stereocenters.